The number of thioether (sulfide) groups is 1. The predicted molar refractivity (Wildman–Crippen MR) is 115 cm³/mol. The van der Waals surface area contributed by atoms with E-state index >= 15 is 0 Å². The first kappa shape index (κ1) is 21.1. The van der Waals surface area contributed by atoms with Gasteiger partial charge in [-0.15, -0.1) is 11.3 Å². The predicted octanol–water partition coefficient (Wildman–Crippen LogP) is 4.32. The van der Waals surface area contributed by atoms with Gasteiger partial charge in [0.05, 0.1) is 12.8 Å². The van der Waals surface area contributed by atoms with Crippen molar-refractivity contribution in [3.8, 4) is 22.1 Å². The van der Waals surface area contributed by atoms with Crippen molar-refractivity contribution in [2.45, 2.75) is 30.7 Å². The normalized spacial score (nSPS) is 10.9. The standard InChI is InChI=1S/C19H22FN5O2S2/c1-3-4-15-12(9-28-19-24-16(21)8-17(22)25-19)23-18(29-15)11-5-6-13(26-2)14(7-11)27-10-20/h5-8H,3-4,9-10H2,1-2H3,(H4,21,22,24,25). The first-order chi connectivity index (χ1) is 14.0. The Hall–Kier alpha value is -2.59. The molecule has 0 radical (unpaired) electrons. The van der Waals surface area contributed by atoms with Crippen molar-refractivity contribution in [3.63, 3.8) is 0 Å². The fourth-order valence-electron chi connectivity index (χ4n) is 2.68. The van der Waals surface area contributed by atoms with Crippen LogP contribution in [0.2, 0.25) is 0 Å². The second-order valence-corrected chi connectivity index (χ2v) is 8.07. The average molecular weight is 436 g/mol. The summed E-state index contributed by atoms with van der Waals surface area (Å²) in [5.41, 5.74) is 13.3. The summed E-state index contributed by atoms with van der Waals surface area (Å²) in [5, 5.41) is 1.35. The van der Waals surface area contributed by atoms with Gasteiger partial charge in [-0.25, -0.2) is 19.3 Å². The summed E-state index contributed by atoms with van der Waals surface area (Å²) in [6.45, 7) is 1.20. The monoisotopic (exact) mass is 435 g/mol. The molecule has 0 amide bonds. The minimum absolute atomic E-state index is 0.339. The van der Waals surface area contributed by atoms with Crippen molar-refractivity contribution < 1.29 is 13.9 Å². The van der Waals surface area contributed by atoms with E-state index in [2.05, 4.69) is 16.9 Å². The lowest BCUT2D eigenvalue weighted by atomic mass is 10.2. The minimum Gasteiger partial charge on any atom is -0.493 e. The SMILES string of the molecule is CCCc1sc(-c2ccc(OC)c(OCF)c2)nc1CSc1nc(N)cc(N)n1. The maximum absolute atomic E-state index is 12.7. The van der Waals surface area contributed by atoms with Gasteiger partial charge < -0.3 is 20.9 Å². The molecule has 0 saturated carbocycles. The number of aromatic nitrogens is 3. The Morgan fingerprint density at radius 3 is 2.52 bits per heavy atom. The largest absolute Gasteiger partial charge is 0.493 e. The molecule has 0 aliphatic carbocycles. The molecule has 0 aliphatic heterocycles. The number of ether oxygens (including phenoxy) is 2. The number of hydrogen-bond acceptors (Lipinski definition) is 9. The Kier molecular flexibility index (Phi) is 7.10. The molecule has 0 atom stereocenters. The third-order valence-corrected chi connectivity index (χ3v) is 6.02. The Labute approximate surface area is 176 Å². The Morgan fingerprint density at radius 1 is 1.10 bits per heavy atom. The highest BCUT2D eigenvalue weighted by Crippen LogP contribution is 2.37. The number of hydrogen-bond donors (Lipinski definition) is 2. The van der Waals surface area contributed by atoms with E-state index in [0.29, 0.717) is 34.0 Å². The minimum atomic E-state index is -0.927. The van der Waals surface area contributed by atoms with Gasteiger partial charge in [0.2, 0.25) is 6.86 Å². The Balaban J connectivity index is 1.87. The molecule has 1 aromatic carbocycles. The molecule has 0 bridgehead atoms. The van der Waals surface area contributed by atoms with Gasteiger partial charge in [-0.1, -0.05) is 25.1 Å². The Bertz CT molecular complexity index is 963. The van der Waals surface area contributed by atoms with Gasteiger partial charge in [0, 0.05) is 22.3 Å². The average Bonchev–Trinajstić information content (AvgIpc) is 3.09. The lowest BCUT2D eigenvalue weighted by Gasteiger charge is -2.09. The summed E-state index contributed by atoms with van der Waals surface area (Å²) in [4.78, 5) is 14.4. The van der Waals surface area contributed by atoms with Crippen LogP contribution in [0.4, 0.5) is 16.0 Å². The molecule has 0 fully saturated rings. The summed E-state index contributed by atoms with van der Waals surface area (Å²) in [6.07, 6.45) is 1.91. The van der Waals surface area contributed by atoms with Crippen LogP contribution in [-0.4, -0.2) is 28.9 Å². The summed E-state index contributed by atoms with van der Waals surface area (Å²) >= 11 is 3.05. The molecule has 10 heteroatoms. The third kappa shape index (κ3) is 5.27. The molecule has 0 aliphatic rings. The molecule has 4 N–H and O–H groups in total. The molecule has 0 unspecified atom stereocenters. The molecule has 29 heavy (non-hydrogen) atoms. The van der Waals surface area contributed by atoms with E-state index < -0.39 is 6.86 Å². The fraction of sp³-hybridized carbons (Fsp3) is 0.316. The van der Waals surface area contributed by atoms with Crippen LogP contribution in [0.25, 0.3) is 10.6 Å². The fourth-order valence-corrected chi connectivity index (χ4v) is 4.79. The van der Waals surface area contributed by atoms with Crippen LogP contribution in [0.1, 0.15) is 23.9 Å². The van der Waals surface area contributed by atoms with Crippen LogP contribution in [0, 0.1) is 0 Å². The van der Waals surface area contributed by atoms with Crippen LogP contribution >= 0.6 is 23.1 Å². The van der Waals surface area contributed by atoms with Crippen molar-refractivity contribution in [1.29, 1.82) is 0 Å². The number of thiazole rings is 1. The van der Waals surface area contributed by atoms with Crippen molar-refractivity contribution in [1.82, 2.24) is 15.0 Å². The highest BCUT2D eigenvalue weighted by Gasteiger charge is 2.15. The van der Waals surface area contributed by atoms with E-state index in [1.54, 1.807) is 23.5 Å². The van der Waals surface area contributed by atoms with Crippen LogP contribution in [-0.2, 0) is 12.2 Å². The number of aryl methyl sites for hydroxylation is 1. The van der Waals surface area contributed by atoms with Gasteiger partial charge >= 0.3 is 0 Å². The number of halogens is 1. The lowest BCUT2D eigenvalue weighted by Crippen LogP contribution is -1.99. The molecule has 0 saturated heterocycles. The summed E-state index contributed by atoms with van der Waals surface area (Å²) < 4.78 is 23.0. The number of nitrogens with two attached hydrogens (primary N) is 2. The summed E-state index contributed by atoms with van der Waals surface area (Å²) in [6, 6.07) is 6.90. The summed E-state index contributed by atoms with van der Waals surface area (Å²) in [5.74, 6) is 2.10. The first-order valence-corrected chi connectivity index (χ1v) is 10.7. The van der Waals surface area contributed by atoms with Gasteiger partial charge in [0.25, 0.3) is 0 Å². The first-order valence-electron chi connectivity index (χ1n) is 8.92. The molecule has 3 aromatic rings. The molecule has 0 spiro atoms. The van der Waals surface area contributed by atoms with E-state index in [1.165, 1.54) is 29.8 Å². The molecule has 2 heterocycles. The molecular formula is C19H22FN5O2S2. The van der Waals surface area contributed by atoms with Gasteiger partial charge in [-0.05, 0) is 24.6 Å². The van der Waals surface area contributed by atoms with E-state index in [4.69, 9.17) is 25.9 Å². The van der Waals surface area contributed by atoms with E-state index in [-0.39, 0.29) is 0 Å². The quantitative estimate of drug-likeness (QED) is 0.378. The summed E-state index contributed by atoms with van der Waals surface area (Å²) in [7, 11) is 1.52. The van der Waals surface area contributed by atoms with E-state index in [9.17, 15) is 4.39 Å². The van der Waals surface area contributed by atoms with Crippen molar-refractivity contribution in [3.05, 3.63) is 34.8 Å². The molecule has 2 aromatic heterocycles. The van der Waals surface area contributed by atoms with Gasteiger partial charge in [-0.2, -0.15) is 0 Å². The van der Waals surface area contributed by atoms with Gasteiger partial charge in [0.15, 0.2) is 16.7 Å². The highest BCUT2D eigenvalue weighted by molar-refractivity contribution is 7.98. The third-order valence-electron chi connectivity index (χ3n) is 3.96. The zero-order chi connectivity index (χ0) is 20.8. The van der Waals surface area contributed by atoms with Gasteiger partial charge in [-0.3, -0.25) is 0 Å². The zero-order valence-electron chi connectivity index (χ0n) is 16.1. The number of alkyl halides is 1. The topological polar surface area (TPSA) is 109 Å². The number of benzene rings is 1. The number of nitrogen functional groups attached to an aromatic ring is 2. The van der Waals surface area contributed by atoms with Crippen LogP contribution in [0.5, 0.6) is 11.5 Å². The van der Waals surface area contributed by atoms with Crippen molar-refractivity contribution in [2.24, 2.45) is 0 Å². The van der Waals surface area contributed by atoms with Crippen LogP contribution < -0.4 is 20.9 Å². The van der Waals surface area contributed by atoms with Crippen molar-refractivity contribution in [2.75, 3.05) is 25.4 Å². The highest BCUT2D eigenvalue weighted by atomic mass is 32.2. The number of nitrogens with zero attached hydrogens (tertiary/aromatic N) is 3. The second-order valence-electron chi connectivity index (χ2n) is 6.05. The maximum atomic E-state index is 12.7. The lowest BCUT2D eigenvalue weighted by molar-refractivity contribution is 0.185. The van der Waals surface area contributed by atoms with Crippen LogP contribution in [0.15, 0.2) is 29.4 Å². The van der Waals surface area contributed by atoms with E-state index in [1.807, 2.05) is 6.07 Å². The zero-order valence-corrected chi connectivity index (χ0v) is 17.8. The number of rotatable bonds is 9. The smallest absolute Gasteiger partial charge is 0.228 e. The maximum Gasteiger partial charge on any atom is 0.228 e. The van der Waals surface area contributed by atoms with Crippen LogP contribution in [0.3, 0.4) is 0 Å². The Morgan fingerprint density at radius 2 is 1.86 bits per heavy atom. The number of anilines is 2. The molecule has 7 nitrogen and oxygen atoms in total. The molecular weight excluding hydrogens is 413 g/mol. The van der Waals surface area contributed by atoms with Crippen molar-refractivity contribution >= 4 is 34.7 Å². The molecule has 154 valence electrons. The molecule has 3 rings (SSSR count). The van der Waals surface area contributed by atoms with E-state index in [0.717, 1.165) is 29.1 Å². The van der Waals surface area contributed by atoms with Gasteiger partial charge in [0.1, 0.15) is 16.6 Å². The number of methoxy groups -OCH3 is 1. The second kappa shape index (κ2) is 9.75.